The maximum atomic E-state index is 12.1. The highest BCUT2D eigenvalue weighted by Gasteiger charge is 2.42. The summed E-state index contributed by atoms with van der Waals surface area (Å²) in [5.41, 5.74) is 4.72. The number of anilines is 2. The van der Waals surface area contributed by atoms with E-state index < -0.39 is 10.0 Å². The zero-order valence-corrected chi connectivity index (χ0v) is 23.3. The molecule has 1 aliphatic heterocycles. The van der Waals surface area contributed by atoms with Crippen LogP contribution in [0.3, 0.4) is 0 Å². The lowest BCUT2D eigenvalue weighted by Gasteiger charge is -2.29. The van der Waals surface area contributed by atoms with E-state index in [4.69, 9.17) is 28.6 Å². The number of thiocarbonyl (C=S) groups is 1. The van der Waals surface area contributed by atoms with Crippen LogP contribution >= 0.6 is 23.8 Å². The molecule has 1 aliphatic rings. The van der Waals surface area contributed by atoms with Crippen LogP contribution in [0, 0.1) is 6.92 Å². The number of sulfonamides is 1. The molecular formula is C27H26ClN5O3S2. The van der Waals surface area contributed by atoms with Crippen LogP contribution in [0.25, 0.3) is 5.69 Å². The lowest BCUT2D eigenvalue weighted by Crippen LogP contribution is -2.30. The van der Waals surface area contributed by atoms with Gasteiger partial charge in [-0.2, -0.15) is 0 Å². The van der Waals surface area contributed by atoms with Crippen molar-refractivity contribution in [2.24, 2.45) is 0 Å². The van der Waals surface area contributed by atoms with Crippen LogP contribution in [0.15, 0.2) is 79.1 Å². The lowest BCUT2D eigenvalue weighted by molar-refractivity contribution is 0.417. The molecule has 2 N–H and O–H groups in total. The number of nitrogens with zero attached hydrogens (tertiary/aromatic N) is 3. The third kappa shape index (κ3) is 5.07. The van der Waals surface area contributed by atoms with Gasteiger partial charge in [-0.05, 0) is 85.4 Å². The number of rotatable bonds is 7. The second-order valence-corrected chi connectivity index (χ2v) is 11.5. The van der Waals surface area contributed by atoms with Crippen LogP contribution in [-0.4, -0.2) is 36.4 Å². The second kappa shape index (κ2) is 10.3. The number of aromatic nitrogens is 2. The summed E-state index contributed by atoms with van der Waals surface area (Å²) in [6.45, 7) is 1.97. The maximum absolute atomic E-state index is 12.1. The Morgan fingerprint density at radius 1 is 1.08 bits per heavy atom. The number of aryl methyl sites for hydroxylation is 1. The van der Waals surface area contributed by atoms with E-state index in [1.54, 1.807) is 18.3 Å². The first kappa shape index (κ1) is 26.0. The average molecular weight is 568 g/mol. The van der Waals surface area contributed by atoms with E-state index in [0.717, 1.165) is 28.9 Å². The van der Waals surface area contributed by atoms with E-state index in [9.17, 15) is 8.42 Å². The van der Waals surface area contributed by atoms with Gasteiger partial charge in [0, 0.05) is 34.5 Å². The fourth-order valence-electron chi connectivity index (χ4n) is 4.71. The largest absolute Gasteiger partial charge is 0.495 e. The predicted molar refractivity (Wildman–Crippen MR) is 155 cm³/mol. The van der Waals surface area contributed by atoms with Crippen LogP contribution in [-0.2, 0) is 10.0 Å². The van der Waals surface area contributed by atoms with Crippen molar-refractivity contribution >= 4 is 50.3 Å². The van der Waals surface area contributed by atoms with Gasteiger partial charge in [0.05, 0.1) is 30.8 Å². The molecule has 3 heterocycles. The van der Waals surface area contributed by atoms with E-state index in [1.165, 1.54) is 7.11 Å². The Morgan fingerprint density at radius 2 is 1.87 bits per heavy atom. The summed E-state index contributed by atoms with van der Waals surface area (Å²) < 4.78 is 34.2. The fourth-order valence-corrected chi connectivity index (χ4v) is 5.73. The molecule has 2 aromatic carbocycles. The molecule has 8 nitrogen and oxygen atoms in total. The Morgan fingerprint density at radius 3 is 2.55 bits per heavy atom. The van der Waals surface area contributed by atoms with Crippen molar-refractivity contribution < 1.29 is 13.2 Å². The molecule has 0 amide bonds. The molecule has 11 heteroatoms. The van der Waals surface area contributed by atoms with Crippen LogP contribution in [0.2, 0.25) is 5.02 Å². The van der Waals surface area contributed by atoms with E-state index >= 15 is 0 Å². The molecule has 1 saturated heterocycles. The van der Waals surface area contributed by atoms with Gasteiger partial charge in [0.2, 0.25) is 10.0 Å². The van der Waals surface area contributed by atoms with Crippen molar-refractivity contribution in [2.45, 2.75) is 19.0 Å². The minimum absolute atomic E-state index is 0.279. The summed E-state index contributed by atoms with van der Waals surface area (Å²) in [5, 5.41) is 4.63. The third-order valence-corrected chi connectivity index (χ3v) is 7.69. The standard InChI is InChI=1S/C27H26ClN5O3S2/c1-17-15-18(9-11-20(17)28)32-14-6-8-23(32)26-25(21-7-4-5-13-29-21)30-27(37)33(26)19-10-12-24(36-2)22(16-19)31-38(3,34)35/h4-16,25-26,31H,1-3H3,(H,30,37)/t25-,26-/m0/s1. The lowest BCUT2D eigenvalue weighted by atomic mass is 10.0. The molecular weight excluding hydrogens is 542 g/mol. The zero-order valence-electron chi connectivity index (χ0n) is 20.9. The SMILES string of the molecule is COc1ccc(N2C(=S)N[C@@H](c3ccccn3)[C@@H]2c2cccn2-c2ccc(Cl)c(C)c2)cc1NS(C)(=O)=O. The van der Waals surface area contributed by atoms with Gasteiger partial charge in [-0.15, -0.1) is 0 Å². The molecule has 0 spiro atoms. The number of nitrogens with one attached hydrogen (secondary N) is 2. The normalized spacial score (nSPS) is 17.4. The van der Waals surface area contributed by atoms with E-state index in [0.29, 0.717) is 27.3 Å². The van der Waals surface area contributed by atoms with E-state index in [2.05, 4.69) is 19.6 Å². The van der Waals surface area contributed by atoms with Gasteiger partial charge >= 0.3 is 0 Å². The topological polar surface area (TPSA) is 88.5 Å². The number of benzene rings is 2. The summed E-state index contributed by atoms with van der Waals surface area (Å²) in [5.74, 6) is 0.398. The highest BCUT2D eigenvalue weighted by atomic mass is 35.5. The van der Waals surface area contributed by atoms with Gasteiger partial charge in [-0.25, -0.2) is 8.42 Å². The highest BCUT2D eigenvalue weighted by Crippen LogP contribution is 2.44. The molecule has 1 fully saturated rings. The van der Waals surface area contributed by atoms with Crippen molar-refractivity contribution in [3.8, 4) is 11.4 Å². The molecule has 4 aromatic rings. The van der Waals surface area contributed by atoms with Gasteiger partial charge in [-0.3, -0.25) is 9.71 Å². The average Bonchev–Trinajstić information content (AvgIpc) is 3.49. The van der Waals surface area contributed by atoms with E-state index in [-0.39, 0.29) is 12.1 Å². The van der Waals surface area contributed by atoms with Crippen molar-refractivity contribution in [1.29, 1.82) is 0 Å². The van der Waals surface area contributed by atoms with Gasteiger partial charge in [-0.1, -0.05) is 17.7 Å². The number of hydrogen-bond acceptors (Lipinski definition) is 5. The molecule has 0 saturated carbocycles. The number of methoxy groups -OCH3 is 1. The molecule has 0 aliphatic carbocycles. The Hall–Kier alpha value is -3.60. The van der Waals surface area contributed by atoms with Crippen molar-refractivity contribution in [3.63, 3.8) is 0 Å². The van der Waals surface area contributed by atoms with E-state index in [1.807, 2.05) is 72.6 Å². The molecule has 196 valence electrons. The monoisotopic (exact) mass is 567 g/mol. The van der Waals surface area contributed by atoms with Crippen LogP contribution in [0.4, 0.5) is 11.4 Å². The third-order valence-electron chi connectivity index (χ3n) is 6.36. The molecule has 5 rings (SSSR count). The molecule has 0 bridgehead atoms. The minimum atomic E-state index is -3.55. The summed E-state index contributed by atoms with van der Waals surface area (Å²) in [4.78, 5) is 6.60. The number of hydrogen-bond donors (Lipinski definition) is 2. The van der Waals surface area contributed by atoms with Crippen LogP contribution < -0.4 is 19.7 Å². The summed E-state index contributed by atoms with van der Waals surface area (Å²) in [7, 11) is -2.05. The summed E-state index contributed by atoms with van der Waals surface area (Å²) in [6, 6.07) is 20.4. The Balaban J connectivity index is 1.67. The Labute approximate surface area is 232 Å². The first-order valence-electron chi connectivity index (χ1n) is 11.8. The smallest absolute Gasteiger partial charge is 0.229 e. The number of pyridine rings is 1. The Kier molecular flexibility index (Phi) is 7.04. The van der Waals surface area contributed by atoms with Gasteiger partial charge < -0.3 is 19.5 Å². The Bertz CT molecular complexity index is 1610. The first-order chi connectivity index (χ1) is 18.2. The maximum Gasteiger partial charge on any atom is 0.229 e. The van der Waals surface area contributed by atoms with Gasteiger partial charge in [0.25, 0.3) is 0 Å². The molecule has 38 heavy (non-hydrogen) atoms. The summed E-state index contributed by atoms with van der Waals surface area (Å²) >= 11 is 12.2. The van der Waals surface area contributed by atoms with Crippen molar-refractivity contribution in [3.05, 3.63) is 101 Å². The number of halogens is 1. The fraction of sp³-hybridized carbons (Fsp3) is 0.185. The summed E-state index contributed by atoms with van der Waals surface area (Å²) in [6.07, 6.45) is 4.85. The molecule has 2 atom stereocenters. The molecule has 2 aromatic heterocycles. The van der Waals surface area contributed by atoms with Gasteiger partial charge in [0.15, 0.2) is 5.11 Å². The first-order valence-corrected chi connectivity index (χ1v) is 14.4. The van der Waals surface area contributed by atoms with Crippen molar-refractivity contribution in [1.82, 2.24) is 14.9 Å². The highest BCUT2D eigenvalue weighted by molar-refractivity contribution is 7.92. The quantitative estimate of drug-likeness (QED) is 0.289. The predicted octanol–water partition coefficient (Wildman–Crippen LogP) is 5.39. The number of ether oxygens (including phenoxy) is 1. The van der Waals surface area contributed by atoms with Gasteiger partial charge in [0.1, 0.15) is 11.8 Å². The van der Waals surface area contributed by atoms with Crippen molar-refractivity contribution in [2.75, 3.05) is 23.0 Å². The minimum Gasteiger partial charge on any atom is -0.495 e. The molecule has 0 radical (unpaired) electrons. The molecule has 0 unspecified atom stereocenters. The van der Waals surface area contributed by atoms with Crippen LogP contribution in [0.5, 0.6) is 5.75 Å². The van der Waals surface area contributed by atoms with Crippen LogP contribution in [0.1, 0.15) is 29.0 Å². The zero-order chi connectivity index (χ0) is 27.0. The second-order valence-electron chi connectivity index (χ2n) is 8.99.